The van der Waals surface area contributed by atoms with E-state index in [9.17, 15) is 14.5 Å². The smallest absolute Gasteiger partial charge is 0.478 e. The summed E-state index contributed by atoms with van der Waals surface area (Å²) in [5, 5.41) is 12.0. The molecule has 2 aromatic rings. The van der Waals surface area contributed by atoms with Crippen LogP contribution in [0.3, 0.4) is 0 Å². The van der Waals surface area contributed by atoms with Crippen molar-refractivity contribution in [3.8, 4) is 0 Å². The van der Waals surface area contributed by atoms with Crippen LogP contribution in [-0.4, -0.2) is 38.5 Å². The first kappa shape index (κ1) is 22.4. The fourth-order valence-corrected chi connectivity index (χ4v) is 7.25. The van der Waals surface area contributed by atoms with E-state index in [0.717, 1.165) is 10.4 Å². The van der Waals surface area contributed by atoms with Crippen LogP contribution in [0.1, 0.15) is 27.7 Å². The second kappa shape index (κ2) is 9.10. The molecule has 1 N–H and O–H groups in total. The number of rotatable bonds is 8. The van der Waals surface area contributed by atoms with Gasteiger partial charge in [0.1, 0.15) is 5.60 Å². The molecule has 7 heteroatoms. The third kappa shape index (κ3) is 4.76. The standard InChI is InChI=1S/C21H27O5PSi/c1-20(2,3)21(4,18(19(22)23)27(24)25-5)26-28(16-12-8-6-9-13-16)17-14-10-7-11-15-17/h6-15,18,28H,1-5H3/p+1. The minimum absolute atomic E-state index is 0.603. The van der Waals surface area contributed by atoms with Crippen LogP contribution in [-0.2, 0) is 18.3 Å². The molecule has 0 fully saturated rings. The van der Waals surface area contributed by atoms with Crippen molar-refractivity contribution in [2.75, 3.05) is 7.11 Å². The minimum Gasteiger partial charge on any atom is -0.478 e. The zero-order chi connectivity index (χ0) is 20.9. The van der Waals surface area contributed by atoms with Gasteiger partial charge in [0.2, 0.25) is 9.04 Å². The van der Waals surface area contributed by atoms with Crippen LogP contribution in [0.25, 0.3) is 0 Å². The summed E-state index contributed by atoms with van der Waals surface area (Å²) in [6.45, 7) is 7.46. The van der Waals surface area contributed by atoms with E-state index >= 15 is 0 Å². The van der Waals surface area contributed by atoms with Crippen LogP contribution in [0.2, 0.25) is 0 Å². The Morgan fingerprint density at radius 3 is 1.71 bits per heavy atom. The number of benzene rings is 2. The van der Waals surface area contributed by atoms with Gasteiger partial charge in [-0.3, -0.25) is 0 Å². The van der Waals surface area contributed by atoms with E-state index in [0.29, 0.717) is 0 Å². The highest BCUT2D eigenvalue weighted by molar-refractivity contribution is 7.41. The Bertz CT molecular complexity index is 767. The largest absolute Gasteiger partial charge is 0.526 e. The van der Waals surface area contributed by atoms with Gasteiger partial charge in [0.05, 0.1) is 7.11 Å². The second-order valence-corrected chi connectivity index (χ2v) is 11.7. The van der Waals surface area contributed by atoms with E-state index in [4.69, 9.17) is 8.95 Å². The normalized spacial score (nSPS) is 15.7. The summed E-state index contributed by atoms with van der Waals surface area (Å²) in [6.07, 6.45) is 0. The molecule has 0 radical (unpaired) electrons. The molecule has 3 unspecified atom stereocenters. The van der Waals surface area contributed by atoms with Crippen LogP contribution in [0.15, 0.2) is 60.7 Å². The molecule has 0 saturated heterocycles. The average Bonchev–Trinajstić information content (AvgIpc) is 2.66. The second-order valence-electron chi connectivity index (χ2n) is 7.89. The highest BCUT2D eigenvalue weighted by Gasteiger charge is 2.61. The number of aliphatic carboxylic acids is 1. The molecular weight excluding hydrogens is 391 g/mol. The van der Waals surface area contributed by atoms with Crippen LogP contribution in [0, 0.1) is 5.41 Å². The number of hydrogen-bond acceptors (Lipinski definition) is 4. The summed E-state index contributed by atoms with van der Waals surface area (Å²) in [5.74, 6) is -1.19. The first-order valence-electron chi connectivity index (χ1n) is 9.13. The number of hydrogen-bond donors (Lipinski definition) is 1. The van der Waals surface area contributed by atoms with Gasteiger partial charge in [-0.2, -0.15) is 0 Å². The van der Waals surface area contributed by atoms with E-state index in [1.807, 2.05) is 81.4 Å². The fourth-order valence-electron chi connectivity index (χ4n) is 3.11. The summed E-state index contributed by atoms with van der Waals surface area (Å²) in [4.78, 5) is 12.1. The molecular formula is C21H28O5PSi+. The Kier molecular flexibility index (Phi) is 7.29. The van der Waals surface area contributed by atoms with E-state index < -0.39 is 39.7 Å². The molecule has 0 aliphatic rings. The first-order valence-corrected chi connectivity index (χ1v) is 12.0. The van der Waals surface area contributed by atoms with Crippen molar-refractivity contribution in [2.24, 2.45) is 5.41 Å². The molecule has 0 heterocycles. The molecule has 3 atom stereocenters. The predicted molar refractivity (Wildman–Crippen MR) is 114 cm³/mol. The Morgan fingerprint density at radius 2 is 1.39 bits per heavy atom. The zero-order valence-corrected chi connectivity index (χ0v) is 19.0. The van der Waals surface area contributed by atoms with Gasteiger partial charge in [0.25, 0.3) is 0 Å². The van der Waals surface area contributed by atoms with Crippen LogP contribution >= 0.6 is 8.03 Å². The van der Waals surface area contributed by atoms with Crippen molar-refractivity contribution >= 4 is 33.4 Å². The number of carboxylic acid groups (broad SMARTS) is 1. The van der Waals surface area contributed by atoms with Gasteiger partial charge >= 0.3 is 19.7 Å². The van der Waals surface area contributed by atoms with Crippen molar-refractivity contribution < 1.29 is 23.4 Å². The third-order valence-corrected chi connectivity index (χ3v) is 9.40. The van der Waals surface area contributed by atoms with Gasteiger partial charge in [-0.05, 0) is 27.3 Å². The zero-order valence-electron chi connectivity index (χ0n) is 17.0. The molecule has 0 bridgehead atoms. The van der Waals surface area contributed by atoms with E-state index in [1.54, 1.807) is 6.92 Å². The Balaban J connectivity index is 2.61. The molecule has 0 amide bonds. The highest BCUT2D eigenvalue weighted by Crippen LogP contribution is 2.47. The predicted octanol–water partition coefficient (Wildman–Crippen LogP) is 3.19. The van der Waals surface area contributed by atoms with Crippen LogP contribution < -0.4 is 10.4 Å². The molecule has 0 saturated carbocycles. The van der Waals surface area contributed by atoms with Gasteiger partial charge in [0, 0.05) is 0 Å². The lowest BCUT2D eigenvalue weighted by Crippen LogP contribution is -2.61. The van der Waals surface area contributed by atoms with E-state index in [1.165, 1.54) is 7.11 Å². The fraction of sp³-hybridized carbons (Fsp3) is 0.381. The SMILES string of the molecule is CO[P+](=O)C(C(=O)O)C(C)(O[SiH](c1ccccc1)c1ccccc1)C(C)(C)C. The lowest BCUT2D eigenvalue weighted by molar-refractivity contribution is -0.144. The maximum absolute atomic E-state index is 12.6. The third-order valence-electron chi connectivity index (χ3n) is 5.20. The number of carboxylic acids is 1. The van der Waals surface area contributed by atoms with Crippen molar-refractivity contribution in [1.82, 2.24) is 0 Å². The molecule has 150 valence electrons. The summed E-state index contributed by atoms with van der Waals surface area (Å²) in [6, 6.07) is 19.6. The molecule has 0 spiro atoms. The molecule has 0 aliphatic carbocycles. The van der Waals surface area contributed by atoms with Gasteiger partial charge in [0.15, 0.2) is 0 Å². The molecule has 5 nitrogen and oxygen atoms in total. The molecule has 2 aromatic carbocycles. The van der Waals surface area contributed by atoms with Crippen LogP contribution in [0.5, 0.6) is 0 Å². The summed E-state index contributed by atoms with van der Waals surface area (Å²) < 4.78 is 24.3. The molecule has 2 rings (SSSR count). The Morgan fingerprint density at radius 1 is 0.964 bits per heavy atom. The maximum atomic E-state index is 12.6. The number of carbonyl (C=O) groups is 1. The van der Waals surface area contributed by atoms with Crippen molar-refractivity contribution in [3.63, 3.8) is 0 Å². The minimum atomic E-state index is -2.45. The van der Waals surface area contributed by atoms with E-state index in [2.05, 4.69) is 0 Å². The quantitative estimate of drug-likeness (QED) is 0.526. The highest BCUT2D eigenvalue weighted by atomic mass is 31.1. The van der Waals surface area contributed by atoms with Gasteiger partial charge < -0.3 is 9.53 Å². The first-order chi connectivity index (χ1) is 13.1. The lowest BCUT2D eigenvalue weighted by Gasteiger charge is -2.43. The van der Waals surface area contributed by atoms with Gasteiger partial charge in [-0.15, -0.1) is 4.52 Å². The Labute approximate surface area is 169 Å². The summed E-state index contributed by atoms with van der Waals surface area (Å²) in [5.41, 5.74) is -3.12. The monoisotopic (exact) mass is 419 g/mol. The Hall–Kier alpha value is -1.85. The molecule has 28 heavy (non-hydrogen) atoms. The van der Waals surface area contributed by atoms with Gasteiger partial charge in [-0.1, -0.05) is 81.4 Å². The summed E-state index contributed by atoms with van der Waals surface area (Å²) in [7, 11) is -3.46. The van der Waals surface area contributed by atoms with Crippen molar-refractivity contribution in [3.05, 3.63) is 60.7 Å². The van der Waals surface area contributed by atoms with Gasteiger partial charge in [-0.25, -0.2) is 4.79 Å². The molecule has 0 aliphatic heterocycles. The average molecular weight is 420 g/mol. The van der Waals surface area contributed by atoms with Crippen LogP contribution in [0.4, 0.5) is 0 Å². The van der Waals surface area contributed by atoms with E-state index in [-0.39, 0.29) is 0 Å². The van der Waals surface area contributed by atoms with Crippen molar-refractivity contribution in [1.29, 1.82) is 0 Å². The molecule has 0 aromatic heterocycles. The lowest BCUT2D eigenvalue weighted by atomic mass is 9.75. The van der Waals surface area contributed by atoms with Crippen molar-refractivity contribution in [2.45, 2.75) is 39.0 Å². The topological polar surface area (TPSA) is 72.8 Å². The summed E-state index contributed by atoms with van der Waals surface area (Å²) >= 11 is 0. The maximum Gasteiger partial charge on any atom is 0.526 e.